The largest absolute Gasteiger partial charge is 0.324 e. The van der Waals surface area contributed by atoms with E-state index in [4.69, 9.17) is 11.6 Å². The quantitative estimate of drug-likeness (QED) is 0.580. The zero-order valence-electron chi connectivity index (χ0n) is 15.1. The first-order valence-electron chi connectivity index (χ1n) is 8.57. The van der Waals surface area contributed by atoms with Crippen molar-refractivity contribution in [2.24, 2.45) is 0 Å². The van der Waals surface area contributed by atoms with Crippen LogP contribution in [0.5, 0.6) is 0 Å². The summed E-state index contributed by atoms with van der Waals surface area (Å²) in [5.74, 6) is -0.324. The number of anilines is 2. The first-order chi connectivity index (χ1) is 13.4. The summed E-state index contributed by atoms with van der Waals surface area (Å²) in [4.78, 5) is 31.1. The van der Waals surface area contributed by atoms with Crippen molar-refractivity contribution in [3.8, 4) is 11.3 Å². The second kappa shape index (κ2) is 7.58. The van der Waals surface area contributed by atoms with Gasteiger partial charge in [0.2, 0.25) is 5.91 Å². The summed E-state index contributed by atoms with van der Waals surface area (Å²) < 4.78 is 0. The number of carbonyl (C=O) groups excluding carboxylic acids is 2. The fraction of sp³-hybridized carbons (Fsp3) is 0.150. The Morgan fingerprint density at radius 1 is 1.21 bits per heavy atom. The minimum absolute atomic E-state index is 0.0572. The molecule has 0 spiro atoms. The van der Waals surface area contributed by atoms with Crippen LogP contribution in [0.1, 0.15) is 22.2 Å². The zero-order valence-corrected chi connectivity index (χ0v) is 17.5. The van der Waals surface area contributed by atoms with Crippen molar-refractivity contribution in [2.45, 2.75) is 24.0 Å². The van der Waals surface area contributed by atoms with Crippen LogP contribution in [0.15, 0.2) is 47.4 Å². The maximum absolute atomic E-state index is 12.7. The molecule has 2 heterocycles. The summed E-state index contributed by atoms with van der Waals surface area (Å²) >= 11 is 8.85. The molecule has 5 nitrogen and oxygen atoms in total. The van der Waals surface area contributed by atoms with E-state index >= 15 is 0 Å². The summed E-state index contributed by atoms with van der Waals surface area (Å²) in [6, 6.07) is 12.7. The van der Waals surface area contributed by atoms with Crippen LogP contribution in [0, 0.1) is 6.92 Å². The molecule has 4 rings (SSSR count). The number of benzene rings is 2. The molecule has 1 aliphatic heterocycles. The summed E-state index contributed by atoms with van der Waals surface area (Å²) in [6.45, 7) is 3.82. The zero-order chi connectivity index (χ0) is 19.8. The highest BCUT2D eigenvalue weighted by Crippen LogP contribution is 2.36. The van der Waals surface area contributed by atoms with Gasteiger partial charge >= 0.3 is 0 Å². The SMILES string of the molecule is Cc1sc(NC(=O)c2ccc3c(c2)NC(=O)C(C)S3)nc1-c1ccc(Cl)cc1. The number of hydrogen-bond donors (Lipinski definition) is 2. The van der Waals surface area contributed by atoms with Gasteiger partial charge in [0.05, 0.1) is 16.6 Å². The minimum Gasteiger partial charge on any atom is -0.324 e. The number of nitrogens with zero attached hydrogens (tertiary/aromatic N) is 1. The first-order valence-corrected chi connectivity index (χ1v) is 10.6. The molecule has 28 heavy (non-hydrogen) atoms. The normalized spacial score (nSPS) is 15.7. The number of fused-ring (bicyclic) bond motifs is 1. The lowest BCUT2D eigenvalue weighted by Gasteiger charge is -2.21. The number of halogens is 1. The average molecular weight is 430 g/mol. The van der Waals surface area contributed by atoms with Gasteiger partial charge in [0.1, 0.15) is 0 Å². The van der Waals surface area contributed by atoms with Crippen molar-refractivity contribution >= 4 is 57.3 Å². The van der Waals surface area contributed by atoms with E-state index in [1.807, 2.05) is 44.2 Å². The predicted octanol–water partition coefficient (Wildman–Crippen LogP) is 5.46. The molecular formula is C20H16ClN3O2S2. The van der Waals surface area contributed by atoms with E-state index in [2.05, 4.69) is 15.6 Å². The van der Waals surface area contributed by atoms with Gasteiger partial charge in [-0.15, -0.1) is 23.1 Å². The number of aryl methyl sites for hydroxylation is 1. The van der Waals surface area contributed by atoms with Crippen LogP contribution in [-0.2, 0) is 4.79 Å². The van der Waals surface area contributed by atoms with Gasteiger partial charge in [0.15, 0.2) is 5.13 Å². The Balaban J connectivity index is 1.55. The van der Waals surface area contributed by atoms with Gasteiger partial charge in [-0.3, -0.25) is 14.9 Å². The summed E-state index contributed by atoms with van der Waals surface area (Å²) in [7, 11) is 0. The predicted molar refractivity (Wildman–Crippen MR) is 116 cm³/mol. The lowest BCUT2D eigenvalue weighted by atomic mass is 10.1. The van der Waals surface area contributed by atoms with Crippen molar-refractivity contribution in [1.29, 1.82) is 0 Å². The third-order valence-corrected chi connectivity index (χ3v) is 6.62. The van der Waals surface area contributed by atoms with E-state index in [9.17, 15) is 9.59 Å². The first kappa shape index (κ1) is 19.0. The molecule has 1 aromatic heterocycles. The van der Waals surface area contributed by atoms with Crippen molar-refractivity contribution in [3.05, 3.63) is 57.9 Å². The summed E-state index contributed by atoms with van der Waals surface area (Å²) in [5.41, 5.74) is 2.90. The van der Waals surface area contributed by atoms with Gasteiger partial charge in [-0.25, -0.2) is 4.98 Å². The number of carbonyl (C=O) groups is 2. The van der Waals surface area contributed by atoms with E-state index in [1.54, 1.807) is 12.1 Å². The molecule has 2 aromatic carbocycles. The number of thiazole rings is 1. The minimum atomic E-state index is -0.267. The standard InChI is InChI=1S/C20H16ClN3O2S2/c1-10-17(12-3-6-14(21)7-4-12)23-20(28-10)24-19(26)13-5-8-16-15(9-13)22-18(25)11(2)27-16/h3-9,11H,1-2H3,(H,22,25)(H,23,24,26). The van der Waals surface area contributed by atoms with Crippen molar-refractivity contribution in [2.75, 3.05) is 10.6 Å². The Morgan fingerprint density at radius 2 is 1.96 bits per heavy atom. The van der Waals surface area contributed by atoms with Gasteiger partial charge in [-0.2, -0.15) is 0 Å². The van der Waals surface area contributed by atoms with Crippen LogP contribution in [0.3, 0.4) is 0 Å². The molecule has 2 amide bonds. The lowest BCUT2D eigenvalue weighted by Crippen LogP contribution is -2.26. The number of amides is 2. The van der Waals surface area contributed by atoms with Gasteiger partial charge < -0.3 is 5.32 Å². The monoisotopic (exact) mass is 429 g/mol. The van der Waals surface area contributed by atoms with Crippen LogP contribution in [0.25, 0.3) is 11.3 Å². The van der Waals surface area contributed by atoms with Crippen LogP contribution in [-0.4, -0.2) is 22.0 Å². The molecular weight excluding hydrogens is 414 g/mol. The molecule has 2 N–H and O–H groups in total. The van der Waals surface area contributed by atoms with Crippen molar-refractivity contribution in [1.82, 2.24) is 4.98 Å². The smallest absolute Gasteiger partial charge is 0.257 e. The van der Waals surface area contributed by atoms with Crippen LogP contribution >= 0.6 is 34.7 Å². The number of thioether (sulfide) groups is 1. The molecule has 1 aliphatic rings. The maximum atomic E-state index is 12.7. The second-order valence-electron chi connectivity index (χ2n) is 6.35. The van der Waals surface area contributed by atoms with E-state index in [-0.39, 0.29) is 17.1 Å². The molecule has 1 atom stereocenters. The van der Waals surface area contributed by atoms with Gasteiger partial charge in [-0.1, -0.05) is 23.7 Å². The Hall–Kier alpha value is -2.35. The summed E-state index contributed by atoms with van der Waals surface area (Å²) in [6.07, 6.45) is 0. The molecule has 0 saturated carbocycles. The molecule has 8 heteroatoms. The Kier molecular flexibility index (Phi) is 5.14. The Morgan fingerprint density at radius 3 is 2.71 bits per heavy atom. The number of aromatic nitrogens is 1. The highest BCUT2D eigenvalue weighted by molar-refractivity contribution is 8.00. The fourth-order valence-corrected chi connectivity index (χ4v) is 4.73. The van der Waals surface area contributed by atoms with E-state index in [0.717, 1.165) is 21.0 Å². The average Bonchev–Trinajstić information content (AvgIpc) is 3.03. The maximum Gasteiger partial charge on any atom is 0.257 e. The Labute approximate surface area is 175 Å². The highest BCUT2D eigenvalue weighted by Gasteiger charge is 2.24. The van der Waals surface area contributed by atoms with Gasteiger partial charge in [-0.05, 0) is 44.2 Å². The molecule has 1 unspecified atom stereocenters. The number of hydrogen-bond acceptors (Lipinski definition) is 5. The fourth-order valence-electron chi connectivity index (χ4n) is 2.84. The molecule has 0 radical (unpaired) electrons. The molecule has 0 bridgehead atoms. The third-order valence-electron chi connectivity index (χ3n) is 4.31. The van der Waals surface area contributed by atoms with E-state index < -0.39 is 0 Å². The molecule has 0 saturated heterocycles. The lowest BCUT2D eigenvalue weighted by molar-refractivity contribution is -0.115. The highest BCUT2D eigenvalue weighted by atomic mass is 35.5. The molecule has 0 fully saturated rings. The van der Waals surface area contributed by atoms with Gasteiger partial charge in [0.25, 0.3) is 5.91 Å². The number of nitrogens with one attached hydrogen (secondary N) is 2. The molecule has 3 aromatic rings. The van der Waals surface area contributed by atoms with Gasteiger partial charge in [0, 0.05) is 25.9 Å². The third kappa shape index (κ3) is 3.78. The summed E-state index contributed by atoms with van der Waals surface area (Å²) in [5, 5.41) is 6.74. The Bertz CT molecular complexity index is 1080. The van der Waals surface area contributed by atoms with E-state index in [0.29, 0.717) is 21.4 Å². The van der Waals surface area contributed by atoms with Crippen LogP contribution < -0.4 is 10.6 Å². The van der Waals surface area contributed by atoms with Crippen LogP contribution in [0.2, 0.25) is 5.02 Å². The molecule has 142 valence electrons. The second-order valence-corrected chi connectivity index (χ2v) is 9.37. The topological polar surface area (TPSA) is 71.1 Å². The van der Waals surface area contributed by atoms with E-state index in [1.165, 1.54) is 23.1 Å². The molecule has 0 aliphatic carbocycles. The van der Waals surface area contributed by atoms with Crippen molar-refractivity contribution in [3.63, 3.8) is 0 Å². The number of rotatable bonds is 3. The van der Waals surface area contributed by atoms with Crippen molar-refractivity contribution < 1.29 is 9.59 Å². The van der Waals surface area contributed by atoms with Crippen LogP contribution in [0.4, 0.5) is 10.8 Å².